The van der Waals surface area contributed by atoms with Gasteiger partial charge in [0.15, 0.2) is 0 Å². The predicted octanol–water partition coefficient (Wildman–Crippen LogP) is 1.81. The van der Waals surface area contributed by atoms with Gasteiger partial charge in [-0.1, -0.05) is 13.3 Å². The van der Waals surface area contributed by atoms with Crippen molar-refractivity contribution in [2.24, 2.45) is 5.92 Å². The maximum Gasteiger partial charge on any atom is 0.239 e. The van der Waals surface area contributed by atoms with Crippen molar-refractivity contribution in [3.63, 3.8) is 0 Å². The minimum atomic E-state index is 0. The molecular formula is C12H23ClN2O. The molecule has 0 aromatic rings. The van der Waals surface area contributed by atoms with Crippen molar-refractivity contribution in [1.82, 2.24) is 10.2 Å². The number of piperidine rings is 2. The summed E-state index contributed by atoms with van der Waals surface area (Å²) in [5.41, 5.74) is 0. The van der Waals surface area contributed by atoms with E-state index in [9.17, 15) is 4.79 Å². The van der Waals surface area contributed by atoms with Gasteiger partial charge in [0.2, 0.25) is 5.91 Å². The van der Waals surface area contributed by atoms with Gasteiger partial charge in [-0.2, -0.15) is 0 Å². The fourth-order valence-electron chi connectivity index (χ4n) is 2.51. The quantitative estimate of drug-likeness (QED) is 0.766. The zero-order chi connectivity index (χ0) is 10.7. The number of likely N-dealkylation sites (tertiary alicyclic amines) is 1. The first kappa shape index (κ1) is 13.8. The lowest BCUT2D eigenvalue weighted by Gasteiger charge is -2.34. The van der Waals surface area contributed by atoms with Crippen LogP contribution in [0.5, 0.6) is 0 Å². The Morgan fingerprint density at radius 2 is 1.88 bits per heavy atom. The molecule has 2 rings (SSSR count). The van der Waals surface area contributed by atoms with Crippen LogP contribution in [0.25, 0.3) is 0 Å². The Labute approximate surface area is 104 Å². The molecule has 0 spiro atoms. The summed E-state index contributed by atoms with van der Waals surface area (Å²) >= 11 is 0. The summed E-state index contributed by atoms with van der Waals surface area (Å²) in [5, 5.41) is 3.34. The predicted molar refractivity (Wildman–Crippen MR) is 67.9 cm³/mol. The molecule has 0 radical (unpaired) electrons. The molecular weight excluding hydrogens is 224 g/mol. The van der Waals surface area contributed by atoms with Gasteiger partial charge in [0, 0.05) is 13.1 Å². The highest BCUT2D eigenvalue weighted by molar-refractivity contribution is 5.85. The van der Waals surface area contributed by atoms with Gasteiger partial charge >= 0.3 is 0 Å². The summed E-state index contributed by atoms with van der Waals surface area (Å²) < 4.78 is 0. The smallest absolute Gasteiger partial charge is 0.239 e. The lowest BCUT2D eigenvalue weighted by atomic mass is 9.97. The van der Waals surface area contributed by atoms with Crippen LogP contribution in [0.4, 0.5) is 0 Å². The van der Waals surface area contributed by atoms with E-state index in [-0.39, 0.29) is 18.4 Å². The number of hydrogen-bond donors (Lipinski definition) is 1. The zero-order valence-corrected chi connectivity index (χ0v) is 10.9. The van der Waals surface area contributed by atoms with Gasteiger partial charge in [0.05, 0.1) is 6.04 Å². The van der Waals surface area contributed by atoms with Crippen LogP contribution in [-0.2, 0) is 4.79 Å². The average molecular weight is 247 g/mol. The molecule has 0 aromatic carbocycles. The van der Waals surface area contributed by atoms with Gasteiger partial charge in [0.1, 0.15) is 0 Å². The van der Waals surface area contributed by atoms with Crippen LogP contribution < -0.4 is 5.32 Å². The summed E-state index contributed by atoms with van der Waals surface area (Å²) in [7, 11) is 0. The normalized spacial score (nSPS) is 27.3. The van der Waals surface area contributed by atoms with Crippen LogP contribution in [0.15, 0.2) is 0 Å². The molecule has 0 unspecified atom stereocenters. The third-order valence-electron chi connectivity index (χ3n) is 3.70. The molecule has 1 N–H and O–H groups in total. The summed E-state index contributed by atoms with van der Waals surface area (Å²) in [5.74, 6) is 1.15. The number of nitrogens with zero attached hydrogens (tertiary/aromatic N) is 1. The lowest BCUT2D eigenvalue weighted by molar-refractivity contribution is -0.135. The van der Waals surface area contributed by atoms with E-state index in [1.54, 1.807) is 0 Å². The SMILES string of the molecule is CC1CCN(C(=O)[C@H]2CCCCN2)CC1.Cl. The Morgan fingerprint density at radius 3 is 2.44 bits per heavy atom. The molecule has 0 aromatic heterocycles. The summed E-state index contributed by atoms with van der Waals surface area (Å²) in [6, 6.07) is 0.118. The van der Waals surface area contributed by atoms with Crippen LogP contribution >= 0.6 is 12.4 Å². The number of carbonyl (C=O) groups is 1. The molecule has 0 aliphatic carbocycles. The topological polar surface area (TPSA) is 32.3 Å². The molecule has 4 heteroatoms. The number of carbonyl (C=O) groups excluding carboxylic acids is 1. The molecule has 2 fully saturated rings. The summed E-state index contributed by atoms with van der Waals surface area (Å²) in [6.45, 7) is 5.23. The van der Waals surface area contributed by atoms with Crippen molar-refractivity contribution < 1.29 is 4.79 Å². The van der Waals surface area contributed by atoms with Crippen molar-refractivity contribution >= 4 is 18.3 Å². The van der Waals surface area contributed by atoms with Gasteiger partial charge in [-0.25, -0.2) is 0 Å². The third kappa shape index (κ3) is 3.36. The minimum absolute atomic E-state index is 0. The number of nitrogens with one attached hydrogen (secondary N) is 1. The average Bonchev–Trinajstić information content (AvgIpc) is 2.30. The van der Waals surface area contributed by atoms with Crippen molar-refractivity contribution in [2.45, 2.75) is 45.1 Å². The second kappa shape index (κ2) is 6.45. The highest BCUT2D eigenvalue weighted by Gasteiger charge is 2.27. The highest BCUT2D eigenvalue weighted by atomic mass is 35.5. The van der Waals surface area contributed by atoms with Crippen molar-refractivity contribution in [2.75, 3.05) is 19.6 Å². The van der Waals surface area contributed by atoms with E-state index in [2.05, 4.69) is 17.1 Å². The molecule has 1 amide bonds. The van der Waals surface area contributed by atoms with E-state index < -0.39 is 0 Å². The van der Waals surface area contributed by atoms with Gasteiger partial charge in [-0.3, -0.25) is 4.79 Å². The van der Waals surface area contributed by atoms with E-state index in [0.717, 1.165) is 32.0 Å². The highest BCUT2D eigenvalue weighted by Crippen LogP contribution is 2.18. The van der Waals surface area contributed by atoms with E-state index >= 15 is 0 Å². The van der Waals surface area contributed by atoms with Gasteiger partial charge in [0.25, 0.3) is 0 Å². The van der Waals surface area contributed by atoms with Gasteiger partial charge < -0.3 is 10.2 Å². The number of halogens is 1. The Balaban J connectivity index is 0.00000128. The zero-order valence-electron chi connectivity index (χ0n) is 10.1. The van der Waals surface area contributed by atoms with Crippen LogP contribution in [0.2, 0.25) is 0 Å². The third-order valence-corrected chi connectivity index (χ3v) is 3.70. The Hall–Kier alpha value is -0.280. The fraction of sp³-hybridized carbons (Fsp3) is 0.917. The molecule has 94 valence electrons. The maximum absolute atomic E-state index is 12.1. The molecule has 3 nitrogen and oxygen atoms in total. The Morgan fingerprint density at radius 1 is 1.19 bits per heavy atom. The molecule has 16 heavy (non-hydrogen) atoms. The first-order chi connectivity index (χ1) is 7.27. The lowest BCUT2D eigenvalue weighted by Crippen LogP contribution is -2.50. The second-order valence-electron chi connectivity index (χ2n) is 5.01. The van der Waals surface area contributed by atoms with E-state index in [1.165, 1.54) is 25.7 Å². The van der Waals surface area contributed by atoms with Crippen molar-refractivity contribution in [3.8, 4) is 0 Å². The first-order valence-electron chi connectivity index (χ1n) is 6.29. The molecule has 2 heterocycles. The monoisotopic (exact) mass is 246 g/mol. The van der Waals surface area contributed by atoms with Crippen LogP contribution in [-0.4, -0.2) is 36.5 Å². The van der Waals surface area contributed by atoms with E-state index in [1.807, 2.05) is 0 Å². The molecule has 2 aliphatic heterocycles. The second-order valence-corrected chi connectivity index (χ2v) is 5.01. The number of hydrogen-bond acceptors (Lipinski definition) is 2. The van der Waals surface area contributed by atoms with Crippen molar-refractivity contribution in [1.29, 1.82) is 0 Å². The van der Waals surface area contributed by atoms with Gasteiger partial charge in [-0.05, 0) is 38.1 Å². The van der Waals surface area contributed by atoms with Crippen LogP contribution in [0, 0.1) is 5.92 Å². The number of amides is 1. The molecule has 2 saturated heterocycles. The van der Waals surface area contributed by atoms with Gasteiger partial charge in [-0.15, -0.1) is 12.4 Å². The molecule has 0 saturated carbocycles. The molecule has 2 aliphatic rings. The standard InChI is InChI=1S/C12H22N2O.ClH/c1-10-5-8-14(9-6-10)12(15)11-4-2-3-7-13-11;/h10-11,13H,2-9H2,1H3;1H/t11-;/m1./s1. The summed E-state index contributed by atoms with van der Waals surface area (Å²) in [6.07, 6.45) is 5.82. The first-order valence-corrected chi connectivity index (χ1v) is 6.29. The Kier molecular flexibility index (Phi) is 5.56. The van der Waals surface area contributed by atoms with Crippen LogP contribution in [0.3, 0.4) is 0 Å². The summed E-state index contributed by atoms with van der Waals surface area (Å²) in [4.78, 5) is 14.2. The van der Waals surface area contributed by atoms with E-state index in [0.29, 0.717) is 5.91 Å². The Bertz CT molecular complexity index is 221. The largest absolute Gasteiger partial charge is 0.341 e. The maximum atomic E-state index is 12.1. The van der Waals surface area contributed by atoms with E-state index in [4.69, 9.17) is 0 Å². The molecule has 0 bridgehead atoms. The minimum Gasteiger partial charge on any atom is -0.341 e. The fourth-order valence-corrected chi connectivity index (χ4v) is 2.51. The number of rotatable bonds is 1. The van der Waals surface area contributed by atoms with Crippen LogP contribution in [0.1, 0.15) is 39.0 Å². The van der Waals surface area contributed by atoms with Crippen molar-refractivity contribution in [3.05, 3.63) is 0 Å². The molecule has 1 atom stereocenters.